The second-order valence-corrected chi connectivity index (χ2v) is 7.89. The Balaban J connectivity index is 1.96. The van der Waals surface area contributed by atoms with E-state index >= 15 is 4.39 Å². The summed E-state index contributed by atoms with van der Waals surface area (Å²) in [6.07, 6.45) is -7.19. The van der Waals surface area contributed by atoms with E-state index in [2.05, 4.69) is 15.6 Å². The van der Waals surface area contributed by atoms with Crippen LogP contribution < -0.4 is 15.7 Å². The molecule has 1 atom stereocenters. The number of ether oxygens (including phenoxy) is 1. The molecule has 2 aromatic heterocycles. The molecule has 0 saturated heterocycles. The molecule has 0 fully saturated rings. The highest BCUT2D eigenvalue weighted by Gasteiger charge is 2.39. The number of hydrogen-bond acceptors (Lipinski definition) is 7. The van der Waals surface area contributed by atoms with E-state index in [0.717, 1.165) is 16.7 Å². The van der Waals surface area contributed by atoms with E-state index in [1.54, 1.807) is 6.92 Å². The van der Waals surface area contributed by atoms with Gasteiger partial charge >= 0.3 is 11.9 Å². The Kier molecular flexibility index (Phi) is 6.66. The van der Waals surface area contributed by atoms with Gasteiger partial charge in [0.1, 0.15) is 29.2 Å². The molecule has 15 heteroatoms. The van der Waals surface area contributed by atoms with Crippen molar-refractivity contribution in [3.8, 4) is 11.4 Å². The standard InChI is InChI=1S/C21H17ClF5N5O4/c1-3-31-14(8-33)29-32(20(31)34)12-7-13(35-9(2)21(25,26)27)15-18(16(12)24)36-30-19(15)28-17-10(22)5-4-6-11(17)23/h4-7,9,33H,3,8H2,1-2H3,(H,28,30)/t9-/m0/s1. The summed E-state index contributed by atoms with van der Waals surface area (Å²) in [7, 11) is 0. The molecule has 192 valence electrons. The van der Waals surface area contributed by atoms with Gasteiger partial charge in [0, 0.05) is 12.6 Å². The fraction of sp³-hybridized carbons (Fsp3) is 0.286. The summed E-state index contributed by atoms with van der Waals surface area (Å²) in [6.45, 7) is 1.71. The number of halogens is 6. The third-order valence-corrected chi connectivity index (χ3v) is 5.54. The van der Waals surface area contributed by atoms with Crippen LogP contribution in [0.4, 0.5) is 33.5 Å². The lowest BCUT2D eigenvalue weighted by molar-refractivity contribution is -0.188. The number of aliphatic hydroxyl groups is 1. The summed E-state index contributed by atoms with van der Waals surface area (Å²) >= 11 is 6.00. The van der Waals surface area contributed by atoms with Crippen LogP contribution >= 0.6 is 11.6 Å². The molecule has 2 aromatic carbocycles. The van der Waals surface area contributed by atoms with E-state index in [9.17, 15) is 27.5 Å². The zero-order valence-electron chi connectivity index (χ0n) is 18.5. The average Bonchev–Trinajstić information content (AvgIpc) is 3.38. The lowest BCUT2D eigenvalue weighted by Gasteiger charge is -2.19. The van der Waals surface area contributed by atoms with Gasteiger partial charge in [0.15, 0.2) is 23.6 Å². The fourth-order valence-corrected chi connectivity index (χ4v) is 3.61. The van der Waals surface area contributed by atoms with E-state index in [4.69, 9.17) is 20.9 Å². The predicted molar refractivity (Wildman–Crippen MR) is 118 cm³/mol. The minimum absolute atomic E-state index is 0.0762. The Morgan fingerprint density at radius 3 is 2.61 bits per heavy atom. The first-order valence-corrected chi connectivity index (χ1v) is 10.7. The van der Waals surface area contributed by atoms with Gasteiger partial charge in [-0.25, -0.2) is 13.6 Å². The van der Waals surface area contributed by atoms with Crippen molar-refractivity contribution in [3.05, 3.63) is 57.2 Å². The molecule has 4 aromatic rings. The largest absolute Gasteiger partial charge is 0.480 e. The molecule has 0 amide bonds. The van der Waals surface area contributed by atoms with Gasteiger partial charge in [-0.3, -0.25) is 4.57 Å². The molecule has 0 aliphatic carbocycles. The van der Waals surface area contributed by atoms with Crippen LogP contribution in [0.3, 0.4) is 0 Å². The normalized spacial score (nSPS) is 12.8. The third kappa shape index (κ3) is 4.37. The van der Waals surface area contributed by atoms with Crippen molar-refractivity contribution in [2.75, 3.05) is 5.32 Å². The highest BCUT2D eigenvalue weighted by Crippen LogP contribution is 2.41. The lowest BCUT2D eigenvalue weighted by Crippen LogP contribution is -2.31. The van der Waals surface area contributed by atoms with Gasteiger partial charge in [0.2, 0.25) is 5.58 Å². The Hall–Kier alpha value is -3.65. The Bertz CT molecular complexity index is 1480. The number of aromatic nitrogens is 4. The molecule has 0 saturated carbocycles. The second-order valence-electron chi connectivity index (χ2n) is 7.48. The molecule has 0 spiro atoms. The van der Waals surface area contributed by atoms with Crippen molar-refractivity contribution in [3.63, 3.8) is 0 Å². The maximum absolute atomic E-state index is 15.5. The molecule has 2 N–H and O–H groups in total. The molecule has 36 heavy (non-hydrogen) atoms. The number of anilines is 2. The van der Waals surface area contributed by atoms with Gasteiger partial charge in [0.25, 0.3) is 0 Å². The van der Waals surface area contributed by atoms with Crippen LogP contribution in [0.1, 0.15) is 19.7 Å². The first-order chi connectivity index (χ1) is 17.0. The topological polar surface area (TPSA) is 107 Å². The van der Waals surface area contributed by atoms with E-state index in [1.165, 1.54) is 12.1 Å². The van der Waals surface area contributed by atoms with Gasteiger partial charge in [0.05, 0.1) is 10.7 Å². The number of aliphatic hydroxyl groups excluding tert-OH is 1. The van der Waals surface area contributed by atoms with Gasteiger partial charge in [-0.1, -0.05) is 22.8 Å². The number of alkyl halides is 3. The molecule has 0 unspecified atom stereocenters. The summed E-state index contributed by atoms with van der Waals surface area (Å²) in [6, 6.07) is 4.53. The Labute approximate surface area is 203 Å². The Morgan fingerprint density at radius 1 is 1.31 bits per heavy atom. The van der Waals surface area contributed by atoms with Crippen molar-refractivity contribution in [2.24, 2.45) is 0 Å². The van der Waals surface area contributed by atoms with Crippen LogP contribution in [0.2, 0.25) is 5.02 Å². The van der Waals surface area contributed by atoms with E-state index in [0.29, 0.717) is 11.6 Å². The molecule has 2 heterocycles. The molecule has 9 nitrogen and oxygen atoms in total. The molecular formula is C21H17ClF5N5O4. The first-order valence-electron chi connectivity index (χ1n) is 10.3. The van der Waals surface area contributed by atoms with Gasteiger partial charge in [-0.15, -0.1) is 5.10 Å². The monoisotopic (exact) mass is 533 g/mol. The molecular weight excluding hydrogens is 517 g/mol. The van der Waals surface area contributed by atoms with Crippen molar-refractivity contribution in [1.29, 1.82) is 0 Å². The minimum Gasteiger partial charge on any atom is -0.480 e. The molecule has 0 bridgehead atoms. The molecule has 0 aliphatic rings. The molecule has 0 radical (unpaired) electrons. The quantitative estimate of drug-likeness (QED) is 0.332. The Morgan fingerprint density at radius 2 is 2.03 bits per heavy atom. The minimum atomic E-state index is -4.81. The van der Waals surface area contributed by atoms with Crippen LogP contribution in [0, 0.1) is 11.6 Å². The number of fused-ring (bicyclic) bond motifs is 1. The second kappa shape index (κ2) is 9.43. The van der Waals surface area contributed by atoms with E-state index < -0.39 is 64.4 Å². The highest BCUT2D eigenvalue weighted by atomic mass is 35.5. The number of para-hydroxylation sites is 1. The zero-order chi connectivity index (χ0) is 26.4. The smallest absolute Gasteiger partial charge is 0.425 e. The molecule has 4 rings (SSSR count). The zero-order valence-corrected chi connectivity index (χ0v) is 19.3. The number of nitrogens with zero attached hydrogens (tertiary/aromatic N) is 4. The first kappa shape index (κ1) is 25.4. The van der Waals surface area contributed by atoms with Crippen molar-refractivity contribution in [1.82, 2.24) is 19.5 Å². The summed E-state index contributed by atoms with van der Waals surface area (Å²) in [4.78, 5) is 12.7. The van der Waals surface area contributed by atoms with Crippen LogP contribution in [0.5, 0.6) is 5.75 Å². The fourth-order valence-electron chi connectivity index (χ4n) is 3.40. The number of hydrogen-bond donors (Lipinski definition) is 2. The van der Waals surface area contributed by atoms with E-state index in [1.807, 2.05) is 0 Å². The van der Waals surface area contributed by atoms with Crippen LogP contribution in [-0.4, -0.2) is 36.9 Å². The van der Waals surface area contributed by atoms with Crippen LogP contribution in [0.15, 0.2) is 33.6 Å². The van der Waals surface area contributed by atoms with E-state index in [-0.39, 0.29) is 23.1 Å². The predicted octanol–water partition coefficient (Wildman–Crippen LogP) is 4.69. The maximum atomic E-state index is 15.5. The van der Waals surface area contributed by atoms with Crippen molar-refractivity contribution >= 4 is 34.1 Å². The summed E-state index contributed by atoms with van der Waals surface area (Å²) < 4.78 is 81.4. The van der Waals surface area contributed by atoms with Gasteiger partial charge in [-0.05, 0) is 26.0 Å². The molecule has 0 aliphatic heterocycles. The summed E-state index contributed by atoms with van der Waals surface area (Å²) in [5.74, 6) is -3.14. The van der Waals surface area contributed by atoms with Crippen LogP contribution in [0.25, 0.3) is 16.7 Å². The maximum Gasteiger partial charge on any atom is 0.425 e. The van der Waals surface area contributed by atoms with Crippen LogP contribution in [-0.2, 0) is 13.2 Å². The SMILES string of the molecule is CCn1c(CO)nn(-c2cc(O[C@@H](C)C(F)(F)F)c3c(Nc4c(F)cccc4Cl)noc3c2F)c1=O. The number of benzene rings is 2. The third-order valence-electron chi connectivity index (χ3n) is 5.23. The number of nitrogens with one attached hydrogen (secondary N) is 1. The van der Waals surface area contributed by atoms with Gasteiger partial charge in [-0.2, -0.15) is 17.9 Å². The van der Waals surface area contributed by atoms with Gasteiger partial charge < -0.3 is 19.7 Å². The average molecular weight is 534 g/mol. The number of rotatable bonds is 7. The van der Waals surface area contributed by atoms with Crippen molar-refractivity contribution in [2.45, 2.75) is 39.3 Å². The summed E-state index contributed by atoms with van der Waals surface area (Å²) in [5, 5.41) is 18.9. The highest BCUT2D eigenvalue weighted by molar-refractivity contribution is 6.33. The lowest BCUT2D eigenvalue weighted by atomic mass is 10.2. The summed E-state index contributed by atoms with van der Waals surface area (Å²) in [5.41, 5.74) is -2.48. The van der Waals surface area contributed by atoms with Crippen molar-refractivity contribution < 1.29 is 36.3 Å².